The maximum atomic E-state index is 12.6. The van der Waals surface area contributed by atoms with E-state index in [2.05, 4.69) is 31.2 Å². The normalized spacial score (nSPS) is 11.7. The van der Waals surface area contributed by atoms with Crippen molar-refractivity contribution < 1.29 is 13.9 Å². The SMILES string of the molecule is CC(C)(C)OC(=O)Nc1cccc(-c2nc3c(oc4ccc(Br)cc43)c(=O)[nH]2)c1. The molecule has 8 heteroatoms. The molecule has 0 aliphatic carbocycles. The molecule has 0 fully saturated rings. The van der Waals surface area contributed by atoms with Crippen molar-refractivity contribution >= 4 is 49.8 Å². The van der Waals surface area contributed by atoms with E-state index in [-0.39, 0.29) is 11.1 Å². The number of rotatable bonds is 2. The second-order valence-corrected chi connectivity index (χ2v) is 8.46. The zero-order valence-electron chi connectivity index (χ0n) is 16.0. The van der Waals surface area contributed by atoms with Crippen molar-refractivity contribution in [1.82, 2.24) is 9.97 Å². The van der Waals surface area contributed by atoms with Gasteiger partial charge in [-0.1, -0.05) is 28.1 Å². The molecule has 2 N–H and O–H groups in total. The lowest BCUT2D eigenvalue weighted by atomic mass is 10.1. The van der Waals surface area contributed by atoms with Gasteiger partial charge in [-0.05, 0) is 51.1 Å². The molecular weight excluding hydrogens is 438 g/mol. The minimum atomic E-state index is -0.601. The van der Waals surface area contributed by atoms with Crippen molar-refractivity contribution in [2.75, 3.05) is 5.32 Å². The molecule has 0 bridgehead atoms. The molecular formula is C21H18BrN3O4. The Kier molecular flexibility index (Phi) is 4.66. The molecule has 0 aliphatic rings. The third-order valence-electron chi connectivity index (χ3n) is 4.07. The van der Waals surface area contributed by atoms with Gasteiger partial charge in [0.05, 0.1) is 0 Å². The number of fused-ring (bicyclic) bond motifs is 3. The summed E-state index contributed by atoms with van der Waals surface area (Å²) in [6, 6.07) is 12.5. The summed E-state index contributed by atoms with van der Waals surface area (Å²) in [6.45, 7) is 5.38. The van der Waals surface area contributed by atoms with Crippen LogP contribution in [-0.4, -0.2) is 21.7 Å². The standard InChI is InChI=1S/C21H18BrN3O4/c1-21(2,3)29-20(27)23-13-6-4-5-11(9-13)18-24-16-14-10-12(22)7-8-15(14)28-17(16)19(26)25-18/h4-10H,1-3H3,(H,23,27)(H,24,25,26). The second-order valence-electron chi connectivity index (χ2n) is 7.54. The van der Waals surface area contributed by atoms with Crippen LogP contribution in [0.2, 0.25) is 0 Å². The molecule has 0 unspecified atom stereocenters. The minimum absolute atomic E-state index is 0.171. The number of nitrogens with one attached hydrogen (secondary N) is 2. The Hall–Kier alpha value is -3.13. The number of halogens is 1. The van der Waals surface area contributed by atoms with Gasteiger partial charge < -0.3 is 14.1 Å². The number of ether oxygens (including phenoxy) is 1. The van der Waals surface area contributed by atoms with Crippen LogP contribution in [0.15, 0.2) is 56.1 Å². The summed E-state index contributed by atoms with van der Waals surface area (Å²) >= 11 is 3.43. The molecule has 0 spiro atoms. The van der Waals surface area contributed by atoms with Gasteiger partial charge in [0.15, 0.2) is 0 Å². The van der Waals surface area contributed by atoms with Crippen molar-refractivity contribution in [3.05, 3.63) is 57.3 Å². The largest absolute Gasteiger partial charge is 0.449 e. The molecule has 0 radical (unpaired) electrons. The summed E-state index contributed by atoms with van der Waals surface area (Å²) in [5.41, 5.74) is 1.43. The number of hydrogen-bond acceptors (Lipinski definition) is 5. The van der Waals surface area contributed by atoms with Gasteiger partial charge >= 0.3 is 6.09 Å². The number of carbonyl (C=O) groups excluding carboxylic acids is 1. The van der Waals surface area contributed by atoms with E-state index in [4.69, 9.17) is 9.15 Å². The van der Waals surface area contributed by atoms with Gasteiger partial charge in [-0.15, -0.1) is 0 Å². The first-order valence-electron chi connectivity index (χ1n) is 8.92. The zero-order chi connectivity index (χ0) is 20.8. The van der Waals surface area contributed by atoms with Gasteiger partial charge in [-0.2, -0.15) is 0 Å². The van der Waals surface area contributed by atoms with Gasteiger partial charge in [0.2, 0.25) is 5.58 Å². The predicted molar refractivity (Wildman–Crippen MR) is 115 cm³/mol. The summed E-state index contributed by atoms with van der Waals surface area (Å²) < 4.78 is 11.8. The monoisotopic (exact) mass is 455 g/mol. The number of carbonyl (C=O) groups is 1. The zero-order valence-corrected chi connectivity index (χ0v) is 17.6. The van der Waals surface area contributed by atoms with Crippen molar-refractivity contribution in [3.8, 4) is 11.4 Å². The van der Waals surface area contributed by atoms with E-state index in [1.807, 2.05) is 12.1 Å². The highest BCUT2D eigenvalue weighted by atomic mass is 79.9. The summed E-state index contributed by atoms with van der Waals surface area (Å²) in [5, 5.41) is 3.43. The molecule has 0 aliphatic heterocycles. The first-order chi connectivity index (χ1) is 13.7. The summed E-state index contributed by atoms with van der Waals surface area (Å²) in [7, 11) is 0. The molecule has 0 atom stereocenters. The fraction of sp³-hybridized carbons (Fsp3) is 0.190. The highest BCUT2D eigenvalue weighted by molar-refractivity contribution is 9.10. The second kappa shape index (κ2) is 7.04. The van der Waals surface area contributed by atoms with Crippen LogP contribution in [0.5, 0.6) is 0 Å². The molecule has 2 heterocycles. The van der Waals surface area contributed by atoms with Crippen LogP contribution in [0.4, 0.5) is 10.5 Å². The first-order valence-corrected chi connectivity index (χ1v) is 9.71. The molecule has 2 aromatic carbocycles. The minimum Gasteiger partial charge on any atom is -0.449 e. The highest BCUT2D eigenvalue weighted by Crippen LogP contribution is 2.29. The Morgan fingerprint density at radius 2 is 2.00 bits per heavy atom. The van der Waals surface area contributed by atoms with Gasteiger partial charge in [-0.3, -0.25) is 10.1 Å². The van der Waals surface area contributed by atoms with Crippen LogP contribution >= 0.6 is 15.9 Å². The number of aromatic amines is 1. The van der Waals surface area contributed by atoms with E-state index in [9.17, 15) is 9.59 Å². The molecule has 29 heavy (non-hydrogen) atoms. The quantitative estimate of drug-likeness (QED) is 0.418. The smallest absolute Gasteiger partial charge is 0.412 e. The van der Waals surface area contributed by atoms with Crippen LogP contribution in [0.1, 0.15) is 20.8 Å². The lowest BCUT2D eigenvalue weighted by Crippen LogP contribution is -2.27. The average molecular weight is 456 g/mol. The van der Waals surface area contributed by atoms with Crippen LogP contribution < -0.4 is 10.9 Å². The molecule has 1 amide bonds. The number of nitrogens with zero attached hydrogens (tertiary/aromatic N) is 1. The summed E-state index contributed by atoms with van der Waals surface area (Å²) in [5.74, 6) is 0.373. The van der Waals surface area contributed by atoms with Gasteiger partial charge in [-0.25, -0.2) is 9.78 Å². The lowest BCUT2D eigenvalue weighted by molar-refractivity contribution is 0.0636. The fourth-order valence-corrected chi connectivity index (χ4v) is 3.29. The van der Waals surface area contributed by atoms with E-state index in [0.717, 1.165) is 9.86 Å². The molecule has 7 nitrogen and oxygen atoms in total. The fourth-order valence-electron chi connectivity index (χ4n) is 2.93. The maximum Gasteiger partial charge on any atom is 0.412 e. The predicted octanol–water partition coefficient (Wildman–Crippen LogP) is 5.45. The number of anilines is 1. The molecule has 148 valence electrons. The van der Waals surface area contributed by atoms with Crippen LogP contribution in [0.3, 0.4) is 0 Å². The topological polar surface area (TPSA) is 97.2 Å². The van der Waals surface area contributed by atoms with Crippen LogP contribution in [0.25, 0.3) is 33.5 Å². The molecule has 4 rings (SSSR count). The molecule has 4 aromatic rings. The maximum absolute atomic E-state index is 12.6. The lowest BCUT2D eigenvalue weighted by Gasteiger charge is -2.19. The number of amides is 1. The molecule has 0 saturated carbocycles. The van der Waals surface area contributed by atoms with Crippen molar-refractivity contribution in [3.63, 3.8) is 0 Å². The Morgan fingerprint density at radius 1 is 1.21 bits per heavy atom. The Bertz CT molecular complexity index is 1300. The van der Waals surface area contributed by atoms with Gasteiger partial charge in [0.25, 0.3) is 5.56 Å². The third-order valence-corrected chi connectivity index (χ3v) is 4.56. The van der Waals surface area contributed by atoms with E-state index < -0.39 is 11.7 Å². The number of H-pyrrole nitrogens is 1. The first kappa shape index (κ1) is 19.2. The highest BCUT2D eigenvalue weighted by Gasteiger charge is 2.17. The third kappa shape index (κ3) is 4.02. The Labute approximate surface area is 174 Å². The number of hydrogen-bond donors (Lipinski definition) is 2. The van der Waals surface area contributed by atoms with Crippen LogP contribution in [-0.2, 0) is 4.74 Å². The van der Waals surface area contributed by atoms with Crippen molar-refractivity contribution in [2.45, 2.75) is 26.4 Å². The van der Waals surface area contributed by atoms with Crippen molar-refractivity contribution in [2.24, 2.45) is 0 Å². The number of aromatic nitrogens is 2. The van der Waals surface area contributed by atoms with E-state index >= 15 is 0 Å². The van der Waals surface area contributed by atoms with Gasteiger partial charge in [0.1, 0.15) is 22.5 Å². The Balaban J connectivity index is 1.75. The van der Waals surface area contributed by atoms with Crippen LogP contribution in [0, 0.1) is 0 Å². The van der Waals surface area contributed by atoms with Gasteiger partial charge in [0, 0.05) is 21.1 Å². The summed E-state index contributed by atoms with van der Waals surface area (Å²) in [4.78, 5) is 31.9. The Morgan fingerprint density at radius 3 is 2.76 bits per heavy atom. The van der Waals surface area contributed by atoms with Crippen molar-refractivity contribution in [1.29, 1.82) is 0 Å². The van der Waals surface area contributed by atoms with E-state index in [0.29, 0.717) is 28.2 Å². The number of furan rings is 1. The molecule has 2 aromatic heterocycles. The van der Waals surface area contributed by atoms with E-state index in [1.54, 1.807) is 51.1 Å². The molecule has 0 saturated heterocycles. The average Bonchev–Trinajstić information content (AvgIpc) is 2.99. The number of benzene rings is 2. The summed E-state index contributed by atoms with van der Waals surface area (Å²) in [6.07, 6.45) is -0.558. The van der Waals surface area contributed by atoms with E-state index in [1.165, 1.54) is 0 Å².